The molecular formula is C16H17N5O2S. The van der Waals surface area contributed by atoms with Crippen LogP contribution in [0.5, 0.6) is 0 Å². The van der Waals surface area contributed by atoms with Crippen molar-refractivity contribution in [2.24, 2.45) is 0 Å². The summed E-state index contributed by atoms with van der Waals surface area (Å²) in [6.07, 6.45) is 1.60. The minimum atomic E-state index is -0.0793. The predicted molar refractivity (Wildman–Crippen MR) is 88.7 cm³/mol. The molecule has 0 aromatic carbocycles. The first-order valence-electron chi connectivity index (χ1n) is 7.84. The van der Waals surface area contributed by atoms with Crippen molar-refractivity contribution in [3.8, 4) is 10.8 Å². The van der Waals surface area contributed by atoms with E-state index in [4.69, 9.17) is 4.42 Å². The maximum absolute atomic E-state index is 12.7. The molecule has 0 fully saturated rings. The third-order valence-corrected chi connectivity index (χ3v) is 4.90. The van der Waals surface area contributed by atoms with E-state index in [0.29, 0.717) is 35.5 Å². The molecule has 3 aromatic heterocycles. The van der Waals surface area contributed by atoms with E-state index < -0.39 is 0 Å². The Balaban J connectivity index is 1.53. The first kappa shape index (κ1) is 15.1. The molecule has 0 radical (unpaired) electrons. The summed E-state index contributed by atoms with van der Waals surface area (Å²) in [6, 6.07) is 3.64. The third kappa shape index (κ3) is 2.52. The van der Waals surface area contributed by atoms with E-state index in [1.807, 2.05) is 12.1 Å². The molecule has 7 nitrogen and oxygen atoms in total. The van der Waals surface area contributed by atoms with Crippen molar-refractivity contribution >= 4 is 17.2 Å². The topological polar surface area (TPSA) is 77.0 Å². The van der Waals surface area contributed by atoms with Crippen molar-refractivity contribution in [1.29, 1.82) is 0 Å². The van der Waals surface area contributed by atoms with Crippen LogP contribution in [0.15, 0.2) is 28.2 Å². The Bertz CT molecular complexity index is 865. The fraction of sp³-hybridized carbons (Fsp3) is 0.375. The van der Waals surface area contributed by atoms with Crippen LogP contribution in [0.1, 0.15) is 41.9 Å². The highest BCUT2D eigenvalue weighted by molar-refractivity contribution is 7.13. The number of amides is 1. The molecule has 0 saturated heterocycles. The van der Waals surface area contributed by atoms with E-state index in [2.05, 4.69) is 33.6 Å². The van der Waals surface area contributed by atoms with Gasteiger partial charge in [-0.3, -0.25) is 4.79 Å². The molecule has 0 saturated carbocycles. The van der Waals surface area contributed by atoms with Crippen LogP contribution in [-0.2, 0) is 13.1 Å². The molecule has 4 heterocycles. The average molecular weight is 343 g/mol. The van der Waals surface area contributed by atoms with Crippen molar-refractivity contribution in [1.82, 2.24) is 24.6 Å². The molecule has 8 heteroatoms. The second kappa shape index (κ2) is 5.86. The van der Waals surface area contributed by atoms with Crippen molar-refractivity contribution in [3.05, 3.63) is 41.1 Å². The van der Waals surface area contributed by atoms with E-state index in [0.717, 1.165) is 18.2 Å². The lowest BCUT2D eigenvalue weighted by atomic mass is 10.2. The van der Waals surface area contributed by atoms with Crippen molar-refractivity contribution in [2.75, 3.05) is 6.54 Å². The smallest absolute Gasteiger partial charge is 0.273 e. The van der Waals surface area contributed by atoms with Crippen LogP contribution in [0.3, 0.4) is 0 Å². The molecule has 3 aromatic rings. The number of rotatable bonds is 3. The van der Waals surface area contributed by atoms with Crippen LogP contribution in [0.25, 0.3) is 10.8 Å². The van der Waals surface area contributed by atoms with Crippen molar-refractivity contribution < 1.29 is 9.21 Å². The Morgan fingerprint density at radius 1 is 1.33 bits per heavy atom. The van der Waals surface area contributed by atoms with Crippen molar-refractivity contribution in [3.63, 3.8) is 0 Å². The lowest BCUT2D eigenvalue weighted by Crippen LogP contribution is -2.39. The van der Waals surface area contributed by atoms with Gasteiger partial charge in [0.15, 0.2) is 16.6 Å². The minimum absolute atomic E-state index is 0.0793. The molecule has 4 rings (SSSR count). The normalized spacial score (nSPS) is 14.2. The Morgan fingerprint density at radius 3 is 2.96 bits per heavy atom. The summed E-state index contributed by atoms with van der Waals surface area (Å²) in [4.78, 5) is 18.9. The summed E-state index contributed by atoms with van der Waals surface area (Å²) in [5, 5.41) is 11.0. The van der Waals surface area contributed by atoms with E-state index in [-0.39, 0.29) is 5.91 Å². The molecule has 24 heavy (non-hydrogen) atoms. The zero-order valence-electron chi connectivity index (χ0n) is 13.5. The first-order chi connectivity index (χ1) is 11.6. The van der Waals surface area contributed by atoms with Gasteiger partial charge in [0.1, 0.15) is 11.5 Å². The number of hydrogen-bond donors (Lipinski definition) is 0. The number of carbonyl (C=O) groups is 1. The van der Waals surface area contributed by atoms with Crippen LogP contribution < -0.4 is 0 Å². The largest absolute Gasteiger partial charge is 0.462 e. The second-order valence-corrected chi connectivity index (χ2v) is 6.88. The SMILES string of the molecule is CC(C)c1nnc2n1CCN(C(=O)c1csc(-c3ccco3)n1)C2. The Morgan fingerprint density at radius 2 is 2.21 bits per heavy atom. The molecule has 0 unspecified atom stereocenters. The molecule has 124 valence electrons. The van der Waals surface area contributed by atoms with Gasteiger partial charge in [-0.25, -0.2) is 4.98 Å². The van der Waals surface area contributed by atoms with E-state index in [1.54, 1.807) is 16.5 Å². The molecule has 1 aliphatic rings. The van der Waals surface area contributed by atoms with Crippen LogP contribution in [0.2, 0.25) is 0 Å². The van der Waals surface area contributed by atoms with Gasteiger partial charge in [-0.1, -0.05) is 13.8 Å². The molecule has 0 bridgehead atoms. The number of thiazole rings is 1. The van der Waals surface area contributed by atoms with Crippen molar-refractivity contribution in [2.45, 2.75) is 32.9 Å². The molecule has 0 spiro atoms. The monoisotopic (exact) mass is 343 g/mol. The van der Waals surface area contributed by atoms with E-state index in [1.165, 1.54) is 11.3 Å². The number of furan rings is 1. The highest BCUT2D eigenvalue weighted by Crippen LogP contribution is 2.25. The maximum atomic E-state index is 12.7. The first-order valence-corrected chi connectivity index (χ1v) is 8.72. The van der Waals surface area contributed by atoms with E-state index in [9.17, 15) is 4.79 Å². The predicted octanol–water partition coefficient (Wildman–Crippen LogP) is 2.77. The zero-order valence-corrected chi connectivity index (χ0v) is 14.3. The Hall–Kier alpha value is -2.48. The van der Waals surface area contributed by atoms with Gasteiger partial charge in [0.2, 0.25) is 0 Å². The van der Waals surface area contributed by atoms with Gasteiger partial charge >= 0.3 is 0 Å². The summed E-state index contributed by atoms with van der Waals surface area (Å²) >= 11 is 1.41. The summed E-state index contributed by atoms with van der Waals surface area (Å²) in [5.74, 6) is 2.73. The summed E-state index contributed by atoms with van der Waals surface area (Å²) < 4.78 is 7.45. The quantitative estimate of drug-likeness (QED) is 0.731. The second-order valence-electron chi connectivity index (χ2n) is 6.02. The number of carbonyl (C=O) groups excluding carboxylic acids is 1. The third-order valence-electron chi connectivity index (χ3n) is 4.04. The van der Waals surface area contributed by atoms with E-state index >= 15 is 0 Å². The fourth-order valence-corrected chi connectivity index (χ4v) is 3.59. The average Bonchev–Trinajstić information content (AvgIpc) is 3.31. The minimum Gasteiger partial charge on any atom is -0.462 e. The molecular weight excluding hydrogens is 326 g/mol. The summed E-state index contributed by atoms with van der Waals surface area (Å²) in [5.41, 5.74) is 0.448. The molecule has 1 aliphatic heterocycles. The van der Waals surface area contributed by atoms with Crippen LogP contribution in [0, 0.1) is 0 Å². The number of fused-ring (bicyclic) bond motifs is 1. The highest BCUT2D eigenvalue weighted by Gasteiger charge is 2.27. The highest BCUT2D eigenvalue weighted by atomic mass is 32.1. The van der Waals surface area contributed by atoms with Gasteiger partial charge < -0.3 is 13.9 Å². The van der Waals surface area contributed by atoms with Gasteiger partial charge in [-0.15, -0.1) is 21.5 Å². The van der Waals surface area contributed by atoms with Crippen LogP contribution in [0.4, 0.5) is 0 Å². The van der Waals surface area contributed by atoms with Gasteiger partial charge in [0.05, 0.1) is 12.8 Å². The summed E-state index contributed by atoms with van der Waals surface area (Å²) in [6.45, 7) is 6.01. The van der Waals surface area contributed by atoms with Gasteiger partial charge in [0, 0.05) is 24.4 Å². The maximum Gasteiger partial charge on any atom is 0.273 e. The Kier molecular flexibility index (Phi) is 3.68. The molecule has 0 atom stereocenters. The zero-order chi connectivity index (χ0) is 16.7. The standard InChI is InChI=1S/C16H17N5O2S/c1-10(2)14-19-18-13-8-20(5-6-21(13)14)16(22)11-9-24-15(17-11)12-4-3-7-23-12/h3-4,7,9-10H,5-6,8H2,1-2H3. The van der Waals surface area contributed by atoms with Gasteiger partial charge in [-0.2, -0.15) is 0 Å². The number of aromatic nitrogens is 4. The lowest BCUT2D eigenvalue weighted by molar-refractivity contribution is 0.0701. The fourth-order valence-electron chi connectivity index (χ4n) is 2.83. The molecule has 1 amide bonds. The Labute approximate surface area is 142 Å². The van der Waals surface area contributed by atoms with Gasteiger partial charge in [-0.05, 0) is 12.1 Å². The van der Waals surface area contributed by atoms with Crippen LogP contribution >= 0.6 is 11.3 Å². The number of hydrogen-bond acceptors (Lipinski definition) is 6. The molecule has 0 N–H and O–H groups in total. The summed E-state index contributed by atoms with van der Waals surface area (Å²) in [7, 11) is 0. The molecule has 0 aliphatic carbocycles. The van der Waals surface area contributed by atoms with Gasteiger partial charge in [0.25, 0.3) is 5.91 Å². The number of nitrogens with zero attached hydrogens (tertiary/aromatic N) is 5. The lowest BCUT2D eigenvalue weighted by Gasteiger charge is -2.27. The van der Waals surface area contributed by atoms with Crippen LogP contribution in [-0.4, -0.2) is 37.1 Å².